The summed E-state index contributed by atoms with van der Waals surface area (Å²) in [5.41, 5.74) is 5.70. The molecule has 2 aliphatic rings. The predicted octanol–water partition coefficient (Wildman–Crippen LogP) is 2.78. The SMILES string of the molecule is CC1(N)CCCCC1C(=O)N1CCN(CC(F)(F)C(F)F)CC1.Cl.Cl. The van der Waals surface area contributed by atoms with Gasteiger partial charge in [-0.05, 0) is 19.8 Å². The molecule has 1 saturated carbocycles. The Balaban J connectivity index is 0.00000288. The quantitative estimate of drug-likeness (QED) is 0.723. The summed E-state index contributed by atoms with van der Waals surface area (Å²) in [6.07, 6.45) is -0.154. The molecule has 150 valence electrons. The van der Waals surface area contributed by atoms with E-state index >= 15 is 0 Å². The van der Waals surface area contributed by atoms with Crippen molar-refractivity contribution in [3.8, 4) is 0 Å². The van der Waals surface area contributed by atoms with E-state index in [1.807, 2.05) is 6.92 Å². The number of hydrogen-bond acceptors (Lipinski definition) is 3. The number of halogens is 6. The number of amides is 1. The molecule has 2 unspecified atom stereocenters. The number of rotatable bonds is 4. The summed E-state index contributed by atoms with van der Waals surface area (Å²) in [6, 6.07) is 0. The van der Waals surface area contributed by atoms with Gasteiger partial charge in [0.2, 0.25) is 5.91 Å². The Bertz CT molecular complexity index is 433. The molecule has 1 aliphatic carbocycles. The van der Waals surface area contributed by atoms with E-state index in [1.165, 1.54) is 4.90 Å². The van der Waals surface area contributed by atoms with Crippen molar-refractivity contribution in [1.82, 2.24) is 9.80 Å². The monoisotopic (exact) mass is 411 g/mol. The predicted molar refractivity (Wildman–Crippen MR) is 93.0 cm³/mol. The van der Waals surface area contributed by atoms with Gasteiger partial charge < -0.3 is 10.6 Å². The third kappa shape index (κ3) is 6.12. The third-order valence-electron chi connectivity index (χ3n) is 4.99. The zero-order valence-corrected chi connectivity index (χ0v) is 15.9. The topological polar surface area (TPSA) is 49.6 Å². The minimum Gasteiger partial charge on any atom is -0.340 e. The van der Waals surface area contributed by atoms with Crippen LogP contribution in [0.25, 0.3) is 0 Å². The Morgan fingerprint density at radius 1 is 1.20 bits per heavy atom. The van der Waals surface area contributed by atoms with Crippen molar-refractivity contribution in [2.24, 2.45) is 11.7 Å². The van der Waals surface area contributed by atoms with Gasteiger partial charge in [0.1, 0.15) is 0 Å². The van der Waals surface area contributed by atoms with Crippen molar-refractivity contribution in [1.29, 1.82) is 0 Å². The van der Waals surface area contributed by atoms with Gasteiger partial charge in [0.15, 0.2) is 0 Å². The fourth-order valence-electron chi connectivity index (χ4n) is 3.48. The summed E-state index contributed by atoms with van der Waals surface area (Å²) < 4.78 is 50.7. The molecule has 1 aliphatic heterocycles. The first-order chi connectivity index (χ1) is 10.6. The number of nitrogens with two attached hydrogens (primary N) is 1. The van der Waals surface area contributed by atoms with Crippen LogP contribution in [-0.4, -0.2) is 66.3 Å². The van der Waals surface area contributed by atoms with E-state index in [2.05, 4.69) is 0 Å². The molecule has 0 radical (unpaired) electrons. The van der Waals surface area contributed by atoms with Crippen LogP contribution in [0, 0.1) is 5.92 Å². The highest BCUT2D eigenvalue weighted by atomic mass is 35.5. The van der Waals surface area contributed by atoms with E-state index in [4.69, 9.17) is 5.73 Å². The highest BCUT2D eigenvalue weighted by Crippen LogP contribution is 2.33. The van der Waals surface area contributed by atoms with Crippen molar-refractivity contribution in [3.05, 3.63) is 0 Å². The van der Waals surface area contributed by atoms with Crippen molar-refractivity contribution in [2.75, 3.05) is 32.7 Å². The molecule has 0 aromatic carbocycles. The van der Waals surface area contributed by atoms with Gasteiger partial charge in [-0.3, -0.25) is 9.69 Å². The summed E-state index contributed by atoms with van der Waals surface area (Å²) in [7, 11) is 0. The molecule has 4 nitrogen and oxygen atoms in total. The molecule has 2 rings (SSSR count). The van der Waals surface area contributed by atoms with E-state index in [1.54, 1.807) is 4.90 Å². The van der Waals surface area contributed by atoms with Gasteiger partial charge in [-0.2, -0.15) is 8.78 Å². The summed E-state index contributed by atoms with van der Waals surface area (Å²) in [5, 5.41) is 0. The minimum atomic E-state index is -4.01. The Morgan fingerprint density at radius 3 is 2.24 bits per heavy atom. The van der Waals surface area contributed by atoms with Crippen LogP contribution < -0.4 is 5.73 Å². The van der Waals surface area contributed by atoms with Gasteiger partial charge in [-0.25, -0.2) is 8.78 Å². The molecule has 0 aromatic heterocycles. The van der Waals surface area contributed by atoms with Gasteiger partial charge >= 0.3 is 12.3 Å². The Morgan fingerprint density at radius 2 is 1.76 bits per heavy atom. The van der Waals surface area contributed by atoms with Crippen molar-refractivity contribution < 1.29 is 22.4 Å². The zero-order chi connectivity index (χ0) is 17.3. The smallest absolute Gasteiger partial charge is 0.319 e. The van der Waals surface area contributed by atoms with Gasteiger partial charge in [-0.1, -0.05) is 12.8 Å². The first-order valence-electron chi connectivity index (χ1n) is 8.09. The van der Waals surface area contributed by atoms with E-state index in [0.717, 1.165) is 25.7 Å². The largest absolute Gasteiger partial charge is 0.340 e. The summed E-state index contributed by atoms with van der Waals surface area (Å²) in [6.45, 7) is 1.85. The minimum absolute atomic E-state index is 0. The second-order valence-electron chi connectivity index (χ2n) is 6.97. The van der Waals surface area contributed by atoms with Crippen LogP contribution in [0.3, 0.4) is 0 Å². The normalized spacial score (nSPS) is 28.3. The van der Waals surface area contributed by atoms with E-state index in [-0.39, 0.29) is 62.8 Å². The lowest BCUT2D eigenvalue weighted by molar-refractivity contribution is -0.150. The molecule has 25 heavy (non-hydrogen) atoms. The number of carbonyl (C=O) groups is 1. The van der Waals surface area contributed by atoms with E-state index in [0.29, 0.717) is 0 Å². The maximum atomic E-state index is 13.1. The first kappa shape index (κ1) is 24.7. The van der Waals surface area contributed by atoms with Crippen LogP contribution >= 0.6 is 24.8 Å². The third-order valence-corrected chi connectivity index (χ3v) is 4.99. The molecule has 0 aromatic rings. The van der Waals surface area contributed by atoms with Crippen molar-refractivity contribution >= 4 is 30.7 Å². The molecule has 2 N–H and O–H groups in total. The Kier molecular flexibility index (Phi) is 9.46. The molecule has 1 saturated heterocycles. The van der Waals surface area contributed by atoms with Crippen LogP contribution in [0.4, 0.5) is 17.6 Å². The lowest BCUT2D eigenvalue weighted by Crippen LogP contribution is -2.58. The van der Waals surface area contributed by atoms with Crippen LogP contribution in [0.15, 0.2) is 0 Å². The van der Waals surface area contributed by atoms with E-state index < -0.39 is 24.4 Å². The Hall–Kier alpha value is -0.310. The van der Waals surface area contributed by atoms with Gasteiger partial charge in [0, 0.05) is 31.7 Å². The average Bonchev–Trinajstić information content (AvgIpc) is 2.46. The molecule has 0 spiro atoms. The maximum Gasteiger partial charge on any atom is 0.319 e. The van der Waals surface area contributed by atoms with Crippen LogP contribution in [0.2, 0.25) is 0 Å². The molecular formula is C15H27Cl2F4N3O. The lowest BCUT2D eigenvalue weighted by Gasteiger charge is -2.42. The number of hydrogen-bond donors (Lipinski definition) is 1. The highest BCUT2D eigenvalue weighted by molar-refractivity contribution is 5.85. The highest BCUT2D eigenvalue weighted by Gasteiger charge is 2.44. The first-order valence-corrected chi connectivity index (χ1v) is 8.09. The van der Waals surface area contributed by atoms with E-state index in [9.17, 15) is 22.4 Å². The summed E-state index contributed by atoms with van der Waals surface area (Å²) in [5.74, 6) is -4.29. The second-order valence-corrected chi connectivity index (χ2v) is 6.97. The standard InChI is InChI=1S/C15H25F4N3O.2ClH/c1-14(20)5-3-2-4-11(14)12(23)22-8-6-21(7-9-22)10-15(18,19)13(16)17;;/h11,13H,2-10,20H2,1H3;2*1H. The maximum absolute atomic E-state index is 13.1. The van der Waals surface area contributed by atoms with Gasteiger partial charge in [0.05, 0.1) is 12.5 Å². The molecule has 2 fully saturated rings. The molecular weight excluding hydrogens is 385 g/mol. The fraction of sp³-hybridized carbons (Fsp3) is 0.933. The number of nitrogens with zero attached hydrogens (tertiary/aromatic N) is 2. The molecule has 1 amide bonds. The number of piperazine rings is 1. The number of carbonyl (C=O) groups excluding carboxylic acids is 1. The second kappa shape index (κ2) is 9.58. The number of alkyl halides is 4. The van der Waals surface area contributed by atoms with Gasteiger partial charge in [0.25, 0.3) is 0 Å². The molecule has 10 heteroatoms. The van der Waals surface area contributed by atoms with Crippen molar-refractivity contribution in [2.45, 2.75) is 50.5 Å². The Labute approximate surface area is 158 Å². The lowest BCUT2D eigenvalue weighted by atomic mass is 9.74. The summed E-state index contributed by atoms with van der Waals surface area (Å²) >= 11 is 0. The van der Waals surface area contributed by atoms with Gasteiger partial charge in [-0.15, -0.1) is 24.8 Å². The molecule has 1 heterocycles. The zero-order valence-electron chi connectivity index (χ0n) is 14.2. The molecule has 0 bridgehead atoms. The fourth-order valence-corrected chi connectivity index (χ4v) is 3.48. The van der Waals surface area contributed by atoms with Crippen LogP contribution in [0.5, 0.6) is 0 Å². The van der Waals surface area contributed by atoms with Crippen molar-refractivity contribution in [3.63, 3.8) is 0 Å². The average molecular weight is 412 g/mol. The summed E-state index contributed by atoms with van der Waals surface area (Å²) in [4.78, 5) is 15.6. The van der Waals surface area contributed by atoms with Crippen LogP contribution in [0.1, 0.15) is 32.6 Å². The molecule has 2 atom stereocenters. The van der Waals surface area contributed by atoms with Crippen LogP contribution in [-0.2, 0) is 4.79 Å².